The van der Waals surface area contributed by atoms with Crippen LogP contribution in [0.3, 0.4) is 0 Å². The number of hydrogen-bond acceptors (Lipinski definition) is 3. The number of oxazole rings is 1. The second-order valence-corrected chi connectivity index (χ2v) is 4.47. The Kier molecular flexibility index (Phi) is 2.33. The third-order valence-electron chi connectivity index (χ3n) is 3.10. The largest absolute Gasteiger partial charge is 0.508 e. The minimum absolute atomic E-state index is 0.210. The fourth-order valence-corrected chi connectivity index (χ4v) is 1.94. The number of aromatic hydroxyl groups is 1. The number of phenolic OH excluding ortho intramolecular Hbond substituents is 1. The number of rotatable bonds is 1. The lowest BCUT2D eigenvalue weighted by Crippen LogP contribution is -1.79. The molecule has 1 aromatic heterocycles. The fraction of sp³-hybridized carbons (Fsp3) is 0.133. The zero-order valence-electron chi connectivity index (χ0n) is 10.3. The third-order valence-corrected chi connectivity index (χ3v) is 3.10. The molecule has 0 aliphatic carbocycles. The molecule has 1 heterocycles. The molecule has 0 unspecified atom stereocenters. The summed E-state index contributed by atoms with van der Waals surface area (Å²) in [4.78, 5) is 4.45. The predicted octanol–water partition coefficient (Wildman–Crippen LogP) is 3.82. The lowest BCUT2D eigenvalue weighted by atomic mass is 10.1. The van der Waals surface area contributed by atoms with Gasteiger partial charge in [-0.1, -0.05) is 6.07 Å². The van der Waals surface area contributed by atoms with Crippen LogP contribution in [0.15, 0.2) is 40.8 Å². The van der Waals surface area contributed by atoms with E-state index < -0.39 is 0 Å². The van der Waals surface area contributed by atoms with Crippen molar-refractivity contribution in [3.8, 4) is 17.2 Å². The SMILES string of the molecule is Cc1cc2nc(-c3cccc(O)c3)oc2cc1C. The van der Waals surface area contributed by atoms with Gasteiger partial charge in [-0.15, -0.1) is 0 Å². The summed E-state index contributed by atoms with van der Waals surface area (Å²) >= 11 is 0. The second-order valence-electron chi connectivity index (χ2n) is 4.47. The summed E-state index contributed by atoms with van der Waals surface area (Å²) in [6, 6.07) is 10.9. The highest BCUT2D eigenvalue weighted by atomic mass is 16.3. The maximum Gasteiger partial charge on any atom is 0.227 e. The van der Waals surface area contributed by atoms with Crippen molar-refractivity contribution >= 4 is 11.1 Å². The molecule has 0 aliphatic rings. The van der Waals surface area contributed by atoms with E-state index in [0.29, 0.717) is 5.89 Å². The van der Waals surface area contributed by atoms with Crippen molar-refractivity contribution < 1.29 is 9.52 Å². The van der Waals surface area contributed by atoms with Crippen LogP contribution in [0.25, 0.3) is 22.6 Å². The van der Waals surface area contributed by atoms with E-state index in [-0.39, 0.29) is 5.75 Å². The Morgan fingerprint density at radius 3 is 2.61 bits per heavy atom. The van der Waals surface area contributed by atoms with Crippen molar-refractivity contribution in [1.29, 1.82) is 0 Å². The highest BCUT2D eigenvalue weighted by Crippen LogP contribution is 2.27. The standard InChI is InChI=1S/C15H13NO2/c1-9-6-13-14(7-10(9)2)18-15(16-13)11-4-3-5-12(17)8-11/h3-8,17H,1-2H3. The second kappa shape index (κ2) is 3.88. The molecule has 2 aromatic carbocycles. The van der Waals surface area contributed by atoms with Crippen LogP contribution in [0.1, 0.15) is 11.1 Å². The molecule has 0 bridgehead atoms. The van der Waals surface area contributed by atoms with Gasteiger partial charge in [-0.2, -0.15) is 0 Å². The van der Waals surface area contributed by atoms with Crippen LogP contribution in [0.5, 0.6) is 5.75 Å². The van der Waals surface area contributed by atoms with Crippen LogP contribution < -0.4 is 0 Å². The normalized spacial score (nSPS) is 11.0. The van der Waals surface area contributed by atoms with Gasteiger partial charge in [-0.3, -0.25) is 0 Å². The van der Waals surface area contributed by atoms with E-state index in [2.05, 4.69) is 11.9 Å². The smallest absolute Gasteiger partial charge is 0.227 e. The number of aromatic nitrogens is 1. The van der Waals surface area contributed by atoms with E-state index in [0.717, 1.165) is 16.7 Å². The van der Waals surface area contributed by atoms with E-state index >= 15 is 0 Å². The molecule has 3 rings (SSSR count). The number of aryl methyl sites for hydroxylation is 2. The first-order valence-electron chi connectivity index (χ1n) is 5.81. The molecule has 18 heavy (non-hydrogen) atoms. The molecule has 0 fully saturated rings. The Balaban J connectivity index is 2.19. The first-order chi connectivity index (χ1) is 8.63. The zero-order valence-corrected chi connectivity index (χ0v) is 10.3. The third kappa shape index (κ3) is 1.74. The fourth-order valence-electron chi connectivity index (χ4n) is 1.94. The number of benzene rings is 2. The van der Waals surface area contributed by atoms with Gasteiger partial charge in [0.15, 0.2) is 5.58 Å². The monoisotopic (exact) mass is 239 g/mol. The Morgan fingerprint density at radius 2 is 1.83 bits per heavy atom. The molecule has 0 amide bonds. The molecule has 0 atom stereocenters. The molecule has 0 aliphatic heterocycles. The summed E-state index contributed by atoms with van der Waals surface area (Å²) in [5.74, 6) is 0.744. The molecule has 3 heteroatoms. The molecule has 3 nitrogen and oxygen atoms in total. The van der Waals surface area contributed by atoms with E-state index in [1.54, 1.807) is 18.2 Å². The van der Waals surface area contributed by atoms with Crippen molar-refractivity contribution in [3.63, 3.8) is 0 Å². The maximum atomic E-state index is 9.47. The maximum absolute atomic E-state index is 9.47. The van der Waals surface area contributed by atoms with E-state index in [9.17, 15) is 5.11 Å². The van der Waals surface area contributed by atoms with Gasteiger partial charge in [0.1, 0.15) is 11.3 Å². The Bertz CT molecular complexity index is 689. The van der Waals surface area contributed by atoms with Crippen LogP contribution in [0.2, 0.25) is 0 Å². The highest BCUT2D eigenvalue weighted by molar-refractivity contribution is 5.78. The topological polar surface area (TPSA) is 46.3 Å². The quantitative estimate of drug-likeness (QED) is 0.702. The molecule has 90 valence electrons. The lowest BCUT2D eigenvalue weighted by Gasteiger charge is -1.96. The van der Waals surface area contributed by atoms with Crippen molar-refractivity contribution in [1.82, 2.24) is 4.98 Å². The van der Waals surface area contributed by atoms with Crippen LogP contribution in [0, 0.1) is 13.8 Å². The number of fused-ring (bicyclic) bond motifs is 1. The minimum Gasteiger partial charge on any atom is -0.508 e. The predicted molar refractivity (Wildman–Crippen MR) is 70.6 cm³/mol. The summed E-state index contributed by atoms with van der Waals surface area (Å²) in [7, 11) is 0. The Labute approximate surface area is 105 Å². The molecule has 3 aromatic rings. The summed E-state index contributed by atoms with van der Waals surface area (Å²) in [6.07, 6.45) is 0. The molecule has 0 radical (unpaired) electrons. The van der Waals surface area contributed by atoms with Crippen LogP contribution >= 0.6 is 0 Å². The zero-order chi connectivity index (χ0) is 12.7. The van der Waals surface area contributed by atoms with E-state index in [4.69, 9.17) is 4.42 Å². The molecule has 0 spiro atoms. The minimum atomic E-state index is 0.210. The first kappa shape index (κ1) is 10.8. The Morgan fingerprint density at radius 1 is 1.06 bits per heavy atom. The number of hydrogen-bond donors (Lipinski definition) is 1. The average molecular weight is 239 g/mol. The number of phenols is 1. The molecule has 0 saturated heterocycles. The van der Waals surface area contributed by atoms with Gasteiger partial charge in [0, 0.05) is 5.56 Å². The highest BCUT2D eigenvalue weighted by Gasteiger charge is 2.09. The summed E-state index contributed by atoms with van der Waals surface area (Å²) in [5.41, 5.74) is 4.77. The van der Waals surface area contributed by atoms with Crippen molar-refractivity contribution in [2.45, 2.75) is 13.8 Å². The van der Waals surface area contributed by atoms with Gasteiger partial charge < -0.3 is 9.52 Å². The molecular weight excluding hydrogens is 226 g/mol. The van der Waals surface area contributed by atoms with E-state index in [1.807, 2.05) is 25.1 Å². The van der Waals surface area contributed by atoms with Crippen LogP contribution in [-0.2, 0) is 0 Å². The van der Waals surface area contributed by atoms with Crippen molar-refractivity contribution in [3.05, 3.63) is 47.5 Å². The van der Waals surface area contributed by atoms with Crippen molar-refractivity contribution in [2.24, 2.45) is 0 Å². The van der Waals surface area contributed by atoms with Crippen LogP contribution in [-0.4, -0.2) is 10.1 Å². The van der Waals surface area contributed by atoms with Gasteiger partial charge in [-0.25, -0.2) is 4.98 Å². The van der Waals surface area contributed by atoms with Gasteiger partial charge >= 0.3 is 0 Å². The summed E-state index contributed by atoms with van der Waals surface area (Å²) < 4.78 is 5.72. The lowest BCUT2D eigenvalue weighted by molar-refractivity contribution is 0.475. The van der Waals surface area contributed by atoms with Crippen LogP contribution in [0.4, 0.5) is 0 Å². The number of nitrogens with zero attached hydrogens (tertiary/aromatic N) is 1. The molecule has 0 saturated carbocycles. The molecule has 1 N–H and O–H groups in total. The van der Waals surface area contributed by atoms with Gasteiger partial charge in [0.2, 0.25) is 5.89 Å². The average Bonchev–Trinajstić information content (AvgIpc) is 2.73. The summed E-state index contributed by atoms with van der Waals surface area (Å²) in [5, 5.41) is 9.47. The molecular formula is C15H13NO2. The van der Waals surface area contributed by atoms with Crippen molar-refractivity contribution in [2.75, 3.05) is 0 Å². The van der Waals surface area contributed by atoms with E-state index in [1.165, 1.54) is 11.1 Å². The summed E-state index contributed by atoms with van der Waals surface area (Å²) in [6.45, 7) is 4.10. The first-order valence-corrected chi connectivity index (χ1v) is 5.81. The van der Waals surface area contributed by atoms with Gasteiger partial charge in [0.05, 0.1) is 0 Å². The van der Waals surface area contributed by atoms with Gasteiger partial charge in [-0.05, 0) is 55.3 Å². The Hall–Kier alpha value is -2.29. The van der Waals surface area contributed by atoms with Gasteiger partial charge in [0.25, 0.3) is 0 Å².